The lowest BCUT2D eigenvalue weighted by Gasteiger charge is -2.24. The van der Waals surface area contributed by atoms with Crippen molar-refractivity contribution in [1.82, 2.24) is 5.32 Å². The van der Waals surface area contributed by atoms with E-state index in [0.29, 0.717) is 0 Å². The van der Waals surface area contributed by atoms with Crippen molar-refractivity contribution < 1.29 is 4.79 Å². The molecule has 1 heterocycles. The minimum absolute atomic E-state index is 0.0641. The molecule has 1 aromatic rings. The number of carbonyl (C=O) groups is 1. The third kappa shape index (κ3) is 1.88. The Morgan fingerprint density at radius 3 is 3.00 bits per heavy atom. The minimum Gasteiger partial charge on any atom is -0.324 e. The Balaban J connectivity index is 2.33. The molecule has 1 atom stereocenters. The quantitative estimate of drug-likeness (QED) is 0.763. The van der Waals surface area contributed by atoms with E-state index in [1.165, 1.54) is 11.1 Å². The SMILES string of the molecule is CCc1ccc2c(c1)CC(NC)C(=O)N2. The van der Waals surface area contributed by atoms with Crippen LogP contribution in [0.4, 0.5) is 5.69 Å². The molecule has 3 nitrogen and oxygen atoms in total. The number of fused-ring (bicyclic) bond motifs is 1. The Bertz CT molecular complexity index is 387. The van der Waals surface area contributed by atoms with E-state index in [0.717, 1.165) is 18.5 Å². The van der Waals surface area contributed by atoms with Gasteiger partial charge >= 0.3 is 0 Å². The topological polar surface area (TPSA) is 41.1 Å². The number of hydrogen-bond donors (Lipinski definition) is 2. The summed E-state index contributed by atoms with van der Waals surface area (Å²) in [6, 6.07) is 6.15. The van der Waals surface area contributed by atoms with E-state index in [-0.39, 0.29) is 11.9 Å². The van der Waals surface area contributed by atoms with Crippen molar-refractivity contribution in [2.75, 3.05) is 12.4 Å². The smallest absolute Gasteiger partial charge is 0.241 e. The van der Waals surface area contributed by atoms with Crippen LogP contribution in [0.25, 0.3) is 0 Å². The summed E-state index contributed by atoms with van der Waals surface area (Å²) in [7, 11) is 1.82. The number of anilines is 1. The van der Waals surface area contributed by atoms with Gasteiger partial charge in [-0.1, -0.05) is 19.1 Å². The Kier molecular flexibility index (Phi) is 2.73. The Morgan fingerprint density at radius 1 is 1.53 bits per heavy atom. The molecule has 0 spiro atoms. The molecule has 3 heteroatoms. The van der Waals surface area contributed by atoms with Crippen LogP contribution in [0.2, 0.25) is 0 Å². The monoisotopic (exact) mass is 204 g/mol. The molecule has 0 saturated heterocycles. The summed E-state index contributed by atoms with van der Waals surface area (Å²) < 4.78 is 0. The summed E-state index contributed by atoms with van der Waals surface area (Å²) in [5.41, 5.74) is 3.51. The van der Waals surface area contributed by atoms with Crippen molar-refractivity contribution >= 4 is 11.6 Å². The maximum Gasteiger partial charge on any atom is 0.241 e. The van der Waals surface area contributed by atoms with Gasteiger partial charge in [0.1, 0.15) is 0 Å². The van der Waals surface area contributed by atoms with Crippen molar-refractivity contribution in [1.29, 1.82) is 0 Å². The number of carbonyl (C=O) groups excluding carboxylic acids is 1. The van der Waals surface area contributed by atoms with Crippen molar-refractivity contribution in [3.63, 3.8) is 0 Å². The molecule has 1 unspecified atom stereocenters. The van der Waals surface area contributed by atoms with Crippen LogP contribution in [0, 0.1) is 0 Å². The Hall–Kier alpha value is -1.35. The van der Waals surface area contributed by atoms with Gasteiger partial charge in [0.2, 0.25) is 5.91 Å². The maximum atomic E-state index is 11.6. The number of likely N-dealkylation sites (N-methyl/N-ethyl adjacent to an activating group) is 1. The van der Waals surface area contributed by atoms with Crippen molar-refractivity contribution in [2.24, 2.45) is 0 Å². The highest BCUT2D eigenvalue weighted by Gasteiger charge is 2.24. The molecule has 2 N–H and O–H groups in total. The summed E-state index contributed by atoms with van der Waals surface area (Å²) >= 11 is 0. The molecule has 80 valence electrons. The van der Waals surface area contributed by atoms with Gasteiger partial charge in [0.15, 0.2) is 0 Å². The fourth-order valence-corrected chi connectivity index (χ4v) is 1.92. The highest BCUT2D eigenvalue weighted by atomic mass is 16.2. The van der Waals surface area contributed by atoms with E-state index < -0.39 is 0 Å². The van der Waals surface area contributed by atoms with E-state index in [1.54, 1.807) is 0 Å². The van der Waals surface area contributed by atoms with Crippen molar-refractivity contribution in [3.05, 3.63) is 29.3 Å². The first-order valence-corrected chi connectivity index (χ1v) is 5.34. The maximum absolute atomic E-state index is 11.6. The highest BCUT2D eigenvalue weighted by Crippen LogP contribution is 2.23. The number of benzene rings is 1. The minimum atomic E-state index is -0.0930. The number of rotatable bonds is 2. The Morgan fingerprint density at radius 2 is 2.33 bits per heavy atom. The molecule has 0 aliphatic carbocycles. The second-order valence-corrected chi connectivity index (χ2v) is 3.88. The molecule has 0 fully saturated rings. The van der Waals surface area contributed by atoms with Gasteiger partial charge in [-0.25, -0.2) is 0 Å². The third-order valence-electron chi connectivity index (χ3n) is 2.92. The van der Waals surface area contributed by atoms with Gasteiger partial charge in [0.05, 0.1) is 6.04 Å². The van der Waals surface area contributed by atoms with Crippen LogP contribution in [0.5, 0.6) is 0 Å². The summed E-state index contributed by atoms with van der Waals surface area (Å²) in [6.45, 7) is 2.14. The average Bonchev–Trinajstić information content (AvgIpc) is 2.27. The number of amides is 1. The predicted molar refractivity (Wildman–Crippen MR) is 61.0 cm³/mol. The first-order valence-electron chi connectivity index (χ1n) is 5.34. The number of nitrogens with one attached hydrogen (secondary N) is 2. The van der Waals surface area contributed by atoms with Gasteiger partial charge in [0, 0.05) is 5.69 Å². The average molecular weight is 204 g/mol. The van der Waals surface area contributed by atoms with Crippen molar-refractivity contribution in [2.45, 2.75) is 25.8 Å². The fourth-order valence-electron chi connectivity index (χ4n) is 1.92. The standard InChI is InChI=1S/C12H16N2O/c1-3-8-4-5-10-9(6-8)7-11(13-2)12(15)14-10/h4-6,11,13H,3,7H2,1-2H3,(H,14,15). The first kappa shape index (κ1) is 10.2. The van der Waals surface area contributed by atoms with Gasteiger partial charge < -0.3 is 10.6 Å². The van der Waals surface area contributed by atoms with E-state index in [2.05, 4.69) is 29.7 Å². The molecule has 2 rings (SSSR count). The lowest BCUT2D eigenvalue weighted by molar-refractivity contribution is -0.118. The zero-order valence-electron chi connectivity index (χ0n) is 9.13. The highest BCUT2D eigenvalue weighted by molar-refractivity contribution is 5.98. The number of aryl methyl sites for hydroxylation is 1. The zero-order valence-corrected chi connectivity index (χ0v) is 9.13. The van der Waals surface area contributed by atoms with Gasteiger partial charge in [-0.2, -0.15) is 0 Å². The normalized spacial score (nSPS) is 19.6. The van der Waals surface area contributed by atoms with E-state index in [4.69, 9.17) is 0 Å². The molecule has 0 aromatic heterocycles. The third-order valence-corrected chi connectivity index (χ3v) is 2.92. The summed E-state index contributed by atoms with van der Waals surface area (Å²) in [5, 5.41) is 5.93. The van der Waals surface area contributed by atoms with Crippen LogP contribution >= 0.6 is 0 Å². The van der Waals surface area contributed by atoms with Crippen LogP contribution in [0.15, 0.2) is 18.2 Å². The molecule has 1 aromatic carbocycles. The molecule has 0 radical (unpaired) electrons. The van der Waals surface area contributed by atoms with Crippen LogP contribution in [-0.2, 0) is 17.6 Å². The van der Waals surface area contributed by atoms with Crippen molar-refractivity contribution in [3.8, 4) is 0 Å². The number of hydrogen-bond acceptors (Lipinski definition) is 2. The molecule has 1 aliphatic rings. The van der Waals surface area contributed by atoms with Gasteiger partial charge in [-0.15, -0.1) is 0 Å². The zero-order chi connectivity index (χ0) is 10.8. The lowest BCUT2D eigenvalue weighted by atomic mass is 9.96. The largest absolute Gasteiger partial charge is 0.324 e. The molecule has 1 amide bonds. The van der Waals surface area contributed by atoms with Crippen LogP contribution in [0.1, 0.15) is 18.1 Å². The van der Waals surface area contributed by atoms with Gasteiger partial charge in [-0.3, -0.25) is 4.79 Å². The van der Waals surface area contributed by atoms with E-state index >= 15 is 0 Å². The fraction of sp³-hybridized carbons (Fsp3) is 0.417. The molecule has 0 bridgehead atoms. The van der Waals surface area contributed by atoms with Gasteiger partial charge in [0.25, 0.3) is 0 Å². The molecule has 15 heavy (non-hydrogen) atoms. The predicted octanol–water partition coefficient (Wildman–Crippen LogP) is 1.33. The molecule has 0 saturated carbocycles. The molecule has 1 aliphatic heterocycles. The summed E-state index contributed by atoms with van der Waals surface area (Å²) in [5.74, 6) is 0.0641. The molecular formula is C12H16N2O. The lowest BCUT2D eigenvalue weighted by Crippen LogP contribution is -2.43. The van der Waals surface area contributed by atoms with Crippen LogP contribution < -0.4 is 10.6 Å². The van der Waals surface area contributed by atoms with Crippen LogP contribution in [-0.4, -0.2) is 19.0 Å². The van der Waals surface area contributed by atoms with Crippen LogP contribution in [0.3, 0.4) is 0 Å². The molecular weight excluding hydrogens is 188 g/mol. The summed E-state index contributed by atoms with van der Waals surface area (Å²) in [4.78, 5) is 11.6. The van der Waals surface area contributed by atoms with E-state index in [1.807, 2.05) is 13.1 Å². The van der Waals surface area contributed by atoms with E-state index in [9.17, 15) is 4.79 Å². The first-order chi connectivity index (χ1) is 7.24. The van der Waals surface area contributed by atoms with Gasteiger partial charge in [-0.05, 0) is 37.1 Å². The second kappa shape index (κ2) is 4.03. The summed E-state index contributed by atoms with van der Waals surface area (Å²) in [6.07, 6.45) is 1.82. The Labute approximate surface area is 89.9 Å². The second-order valence-electron chi connectivity index (χ2n) is 3.88.